The first-order valence-corrected chi connectivity index (χ1v) is 11.4. The van der Waals surface area contributed by atoms with Gasteiger partial charge in [-0.05, 0) is 32.6 Å². The fraction of sp³-hybridized carbons (Fsp3) is 0.870. The molecule has 0 aromatic rings. The van der Waals surface area contributed by atoms with Crippen molar-refractivity contribution in [3.8, 4) is 0 Å². The van der Waals surface area contributed by atoms with Gasteiger partial charge in [0.15, 0.2) is 5.84 Å². The maximum Gasteiger partial charge on any atom is 0.198 e. The van der Waals surface area contributed by atoms with Crippen LogP contribution in [0.2, 0.25) is 0 Å². The van der Waals surface area contributed by atoms with Crippen LogP contribution in [0.3, 0.4) is 0 Å². The minimum absolute atomic E-state index is 0.269. The Balaban J connectivity index is 1.98. The average molecular weight is 366 g/mol. The quantitative estimate of drug-likeness (QED) is 0.195. The standard InChI is InChI=1S/C23H45N2O/c1-3-5-6-7-8-9-10-11-12-13-14-15-16-17-18-23-24-19-20-25(23,4-2)21-22-26/h14-15,26H,3-13,16-22H2,1-2H3/q+1/b15-14+. The van der Waals surface area contributed by atoms with Crippen LogP contribution < -0.4 is 0 Å². The summed E-state index contributed by atoms with van der Waals surface area (Å²) in [7, 11) is 0. The van der Waals surface area contributed by atoms with Gasteiger partial charge in [-0.25, -0.2) is 4.99 Å². The molecule has 1 aliphatic heterocycles. The molecule has 0 spiro atoms. The van der Waals surface area contributed by atoms with E-state index in [9.17, 15) is 5.11 Å². The number of allylic oxidation sites excluding steroid dienone is 2. The van der Waals surface area contributed by atoms with Gasteiger partial charge in [0, 0.05) is 6.42 Å². The highest BCUT2D eigenvalue weighted by Gasteiger charge is 2.35. The smallest absolute Gasteiger partial charge is 0.198 e. The third-order valence-corrected chi connectivity index (χ3v) is 5.92. The van der Waals surface area contributed by atoms with E-state index in [0.29, 0.717) is 0 Å². The first-order valence-electron chi connectivity index (χ1n) is 11.4. The number of hydrogen-bond acceptors (Lipinski definition) is 2. The lowest BCUT2D eigenvalue weighted by atomic mass is 10.1. The second kappa shape index (κ2) is 15.4. The molecule has 1 aliphatic rings. The zero-order valence-corrected chi connectivity index (χ0v) is 17.7. The van der Waals surface area contributed by atoms with Crippen LogP contribution in [0.1, 0.15) is 97.3 Å². The Kier molecular flexibility index (Phi) is 13.8. The third kappa shape index (κ3) is 9.32. The maximum absolute atomic E-state index is 9.35. The molecule has 1 rings (SSSR count). The van der Waals surface area contributed by atoms with Gasteiger partial charge in [0.25, 0.3) is 0 Å². The Morgan fingerprint density at radius 3 is 2.12 bits per heavy atom. The lowest BCUT2D eigenvalue weighted by molar-refractivity contribution is -0.835. The minimum atomic E-state index is 0.269. The molecule has 3 heteroatoms. The molecule has 3 nitrogen and oxygen atoms in total. The molecule has 1 heterocycles. The van der Waals surface area contributed by atoms with Crippen molar-refractivity contribution in [3.05, 3.63) is 12.2 Å². The van der Waals surface area contributed by atoms with E-state index in [-0.39, 0.29) is 6.61 Å². The number of quaternary nitrogens is 1. The average Bonchev–Trinajstić information content (AvgIpc) is 3.05. The summed E-state index contributed by atoms with van der Waals surface area (Å²) in [5.74, 6) is 1.33. The van der Waals surface area contributed by atoms with Gasteiger partial charge in [-0.2, -0.15) is 0 Å². The molecule has 0 aromatic heterocycles. The molecule has 152 valence electrons. The third-order valence-electron chi connectivity index (χ3n) is 5.92. The van der Waals surface area contributed by atoms with E-state index >= 15 is 0 Å². The number of aliphatic imine (C=N–C) groups is 1. The molecular formula is C23H45N2O+. The molecule has 0 aliphatic carbocycles. The van der Waals surface area contributed by atoms with E-state index in [0.717, 1.165) is 37.1 Å². The van der Waals surface area contributed by atoms with Crippen LogP contribution in [-0.2, 0) is 0 Å². The summed E-state index contributed by atoms with van der Waals surface area (Å²) in [4.78, 5) is 4.73. The minimum Gasteiger partial charge on any atom is -0.390 e. The number of aliphatic hydroxyl groups excluding tert-OH is 1. The summed E-state index contributed by atoms with van der Waals surface area (Å²) >= 11 is 0. The molecule has 1 N–H and O–H groups in total. The van der Waals surface area contributed by atoms with Crippen molar-refractivity contribution in [2.24, 2.45) is 4.99 Å². The van der Waals surface area contributed by atoms with Gasteiger partial charge in [-0.3, -0.25) is 4.48 Å². The zero-order chi connectivity index (χ0) is 18.9. The lowest BCUT2D eigenvalue weighted by Gasteiger charge is -2.33. The van der Waals surface area contributed by atoms with Crippen molar-refractivity contribution in [3.63, 3.8) is 0 Å². The molecular weight excluding hydrogens is 320 g/mol. The Bertz CT molecular complexity index is 392. The van der Waals surface area contributed by atoms with E-state index < -0.39 is 0 Å². The predicted molar refractivity (Wildman–Crippen MR) is 115 cm³/mol. The number of unbranched alkanes of at least 4 members (excludes halogenated alkanes) is 10. The zero-order valence-electron chi connectivity index (χ0n) is 17.7. The summed E-state index contributed by atoms with van der Waals surface area (Å²) in [6.07, 6.45) is 22.1. The van der Waals surface area contributed by atoms with Crippen molar-refractivity contribution in [2.75, 3.05) is 32.8 Å². The van der Waals surface area contributed by atoms with E-state index in [4.69, 9.17) is 4.99 Å². The molecule has 1 unspecified atom stereocenters. The van der Waals surface area contributed by atoms with Crippen LogP contribution in [0.25, 0.3) is 0 Å². The number of hydrogen-bond donors (Lipinski definition) is 1. The lowest BCUT2D eigenvalue weighted by Crippen LogP contribution is -2.52. The van der Waals surface area contributed by atoms with Crippen molar-refractivity contribution >= 4 is 5.84 Å². The number of rotatable bonds is 17. The second-order valence-corrected chi connectivity index (χ2v) is 7.91. The number of likely N-dealkylation sites (N-methyl/N-ethyl adjacent to an activating group) is 1. The van der Waals surface area contributed by atoms with Gasteiger partial charge in [0.05, 0.1) is 19.7 Å². The fourth-order valence-electron chi connectivity index (χ4n) is 4.08. The summed E-state index contributed by atoms with van der Waals surface area (Å²) in [6, 6.07) is 0. The topological polar surface area (TPSA) is 32.6 Å². The van der Waals surface area contributed by atoms with Crippen LogP contribution in [0, 0.1) is 0 Å². The van der Waals surface area contributed by atoms with Crippen molar-refractivity contribution < 1.29 is 9.59 Å². The first kappa shape index (κ1) is 23.4. The van der Waals surface area contributed by atoms with Crippen LogP contribution in [0.5, 0.6) is 0 Å². The molecule has 26 heavy (non-hydrogen) atoms. The maximum atomic E-state index is 9.35. The Hall–Kier alpha value is -0.670. The van der Waals surface area contributed by atoms with Gasteiger partial charge in [-0.1, -0.05) is 70.4 Å². The van der Waals surface area contributed by atoms with Crippen molar-refractivity contribution in [1.82, 2.24) is 0 Å². The normalized spacial score (nSPS) is 20.2. The number of nitrogens with zero attached hydrogens (tertiary/aromatic N) is 2. The molecule has 0 fully saturated rings. The van der Waals surface area contributed by atoms with E-state index in [1.807, 2.05) is 0 Å². The molecule has 0 bridgehead atoms. The van der Waals surface area contributed by atoms with Crippen LogP contribution in [0.4, 0.5) is 0 Å². The first-order chi connectivity index (χ1) is 12.8. The highest BCUT2D eigenvalue weighted by Crippen LogP contribution is 2.19. The van der Waals surface area contributed by atoms with Crippen LogP contribution in [-0.4, -0.2) is 48.2 Å². The van der Waals surface area contributed by atoms with Crippen LogP contribution in [0.15, 0.2) is 17.1 Å². The van der Waals surface area contributed by atoms with Gasteiger partial charge >= 0.3 is 0 Å². The fourth-order valence-corrected chi connectivity index (χ4v) is 4.08. The van der Waals surface area contributed by atoms with E-state index in [2.05, 4.69) is 26.0 Å². The van der Waals surface area contributed by atoms with Gasteiger partial charge in [-0.15, -0.1) is 0 Å². The molecule has 1 atom stereocenters. The van der Waals surface area contributed by atoms with Gasteiger partial charge < -0.3 is 5.11 Å². The monoisotopic (exact) mass is 365 g/mol. The Morgan fingerprint density at radius 1 is 0.885 bits per heavy atom. The molecule has 0 radical (unpaired) electrons. The summed E-state index contributed by atoms with van der Waals surface area (Å²) in [5.41, 5.74) is 0. The van der Waals surface area contributed by atoms with Crippen molar-refractivity contribution in [2.45, 2.75) is 97.3 Å². The Labute approximate surface area is 163 Å². The SMILES string of the molecule is CCCCCCCCCCC/C=C/CCCC1=NCC[N+]1(CC)CCO. The van der Waals surface area contributed by atoms with Crippen molar-refractivity contribution in [1.29, 1.82) is 0 Å². The number of amidine groups is 1. The highest BCUT2D eigenvalue weighted by atomic mass is 16.3. The molecule has 0 amide bonds. The Morgan fingerprint density at radius 2 is 1.50 bits per heavy atom. The van der Waals surface area contributed by atoms with E-state index in [1.54, 1.807) is 0 Å². The number of aliphatic hydroxyl groups is 1. The van der Waals surface area contributed by atoms with Crippen LogP contribution >= 0.6 is 0 Å². The summed E-state index contributed by atoms with van der Waals surface area (Å²) in [6.45, 7) is 8.70. The molecule has 0 saturated carbocycles. The molecule has 0 aromatic carbocycles. The van der Waals surface area contributed by atoms with Gasteiger partial charge in [0.1, 0.15) is 13.1 Å². The highest BCUT2D eigenvalue weighted by molar-refractivity contribution is 5.76. The largest absolute Gasteiger partial charge is 0.390 e. The summed E-state index contributed by atoms with van der Waals surface area (Å²) in [5, 5.41) is 9.35. The molecule has 0 saturated heterocycles. The summed E-state index contributed by atoms with van der Waals surface area (Å²) < 4.78 is 0.929. The van der Waals surface area contributed by atoms with E-state index in [1.165, 1.54) is 82.9 Å². The van der Waals surface area contributed by atoms with Gasteiger partial charge in [0.2, 0.25) is 0 Å². The predicted octanol–water partition coefficient (Wildman–Crippen LogP) is 5.87. The second-order valence-electron chi connectivity index (χ2n) is 7.91.